The maximum atomic E-state index is 12.4. The number of nitrogens with one attached hydrogen (secondary N) is 1. The van der Waals surface area contributed by atoms with Gasteiger partial charge in [0.1, 0.15) is 11.8 Å². The van der Waals surface area contributed by atoms with Crippen molar-refractivity contribution in [3.05, 3.63) is 0 Å². The van der Waals surface area contributed by atoms with Crippen LogP contribution in [0, 0.1) is 5.92 Å². The molecule has 2 unspecified atom stereocenters. The van der Waals surface area contributed by atoms with Crippen LogP contribution in [-0.4, -0.2) is 39.9 Å². The Morgan fingerprint density at radius 2 is 0.949 bits per heavy atom. The SMILES string of the molecule is CCCCCCCCCCCCCC(=O)CCCCC(NC(=O)CC(CCCCCCCC)C(=O)O)C(=O)O. The van der Waals surface area contributed by atoms with Crippen LogP contribution >= 0.6 is 0 Å². The Labute approximate surface area is 238 Å². The number of rotatable bonds is 29. The Morgan fingerprint density at radius 3 is 1.41 bits per heavy atom. The van der Waals surface area contributed by atoms with Crippen LogP contribution in [0.15, 0.2) is 0 Å². The van der Waals surface area contributed by atoms with Gasteiger partial charge in [0.15, 0.2) is 0 Å². The second-order valence-electron chi connectivity index (χ2n) is 11.3. The monoisotopic (exact) mass is 553 g/mol. The van der Waals surface area contributed by atoms with Crippen LogP contribution in [-0.2, 0) is 19.2 Å². The van der Waals surface area contributed by atoms with E-state index in [1.807, 2.05) is 0 Å². The summed E-state index contributed by atoms with van der Waals surface area (Å²) in [6, 6.07) is -1.05. The van der Waals surface area contributed by atoms with Crippen LogP contribution in [0.1, 0.15) is 168 Å². The Balaban J connectivity index is 4.01. The molecule has 0 rings (SSSR count). The topological polar surface area (TPSA) is 121 Å². The second-order valence-corrected chi connectivity index (χ2v) is 11.3. The first-order valence-electron chi connectivity index (χ1n) is 16.1. The average molecular weight is 554 g/mol. The lowest BCUT2D eigenvalue weighted by atomic mass is 9.96. The Kier molecular flexibility index (Phi) is 25.0. The van der Waals surface area contributed by atoms with Gasteiger partial charge in [-0.25, -0.2) is 4.79 Å². The molecule has 0 bridgehead atoms. The molecule has 7 nitrogen and oxygen atoms in total. The van der Waals surface area contributed by atoms with E-state index in [9.17, 15) is 29.4 Å². The van der Waals surface area contributed by atoms with Gasteiger partial charge in [-0.15, -0.1) is 0 Å². The predicted molar refractivity (Wildman–Crippen MR) is 158 cm³/mol. The predicted octanol–water partition coefficient (Wildman–Crippen LogP) is 8.23. The van der Waals surface area contributed by atoms with Crippen LogP contribution in [0.4, 0.5) is 0 Å². The van der Waals surface area contributed by atoms with Gasteiger partial charge in [-0.05, 0) is 25.7 Å². The number of aliphatic carboxylic acids is 2. The van der Waals surface area contributed by atoms with Gasteiger partial charge in [0.05, 0.1) is 5.92 Å². The molecule has 3 N–H and O–H groups in total. The standard InChI is InChI=1S/C32H59NO6/c1-3-5-7-9-11-12-13-14-15-17-19-23-28(34)24-20-21-25-29(32(38)39)33-30(35)26-27(31(36)37)22-18-16-10-8-6-4-2/h27,29H,3-26H2,1-2H3,(H,33,35)(H,36,37)(H,38,39). The average Bonchev–Trinajstić information content (AvgIpc) is 2.90. The normalized spacial score (nSPS) is 12.7. The highest BCUT2D eigenvalue weighted by atomic mass is 16.4. The summed E-state index contributed by atoms with van der Waals surface area (Å²) >= 11 is 0. The summed E-state index contributed by atoms with van der Waals surface area (Å²) in [5.74, 6) is -3.24. The molecule has 0 saturated carbocycles. The van der Waals surface area contributed by atoms with Crippen molar-refractivity contribution in [2.24, 2.45) is 5.92 Å². The second kappa shape index (κ2) is 26.3. The van der Waals surface area contributed by atoms with Gasteiger partial charge in [0, 0.05) is 19.3 Å². The Bertz CT molecular complexity index is 651. The van der Waals surface area contributed by atoms with E-state index in [0.29, 0.717) is 32.1 Å². The number of Topliss-reactive ketones (excluding diaryl/α,β-unsaturated/α-hetero) is 1. The fourth-order valence-corrected chi connectivity index (χ4v) is 5.00. The van der Waals surface area contributed by atoms with Gasteiger partial charge in [-0.2, -0.15) is 0 Å². The van der Waals surface area contributed by atoms with Crippen molar-refractivity contribution in [1.82, 2.24) is 5.32 Å². The van der Waals surface area contributed by atoms with Gasteiger partial charge >= 0.3 is 11.9 Å². The molecule has 0 aromatic rings. The van der Waals surface area contributed by atoms with Crippen molar-refractivity contribution in [2.45, 2.75) is 174 Å². The molecule has 0 aliphatic carbocycles. The number of ketones is 1. The van der Waals surface area contributed by atoms with Crippen LogP contribution < -0.4 is 5.32 Å². The van der Waals surface area contributed by atoms with Crippen molar-refractivity contribution in [3.8, 4) is 0 Å². The van der Waals surface area contributed by atoms with Crippen molar-refractivity contribution in [3.63, 3.8) is 0 Å². The maximum Gasteiger partial charge on any atom is 0.326 e. The highest BCUT2D eigenvalue weighted by Gasteiger charge is 2.25. The Morgan fingerprint density at radius 1 is 0.538 bits per heavy atom. The highest BCUT2D eigenvalue weighted by Crippen LogP contribution is 2.17. The maximum absolute atomic E-state index is 12.4. The molecule has 7 heteroatoms. The van der Waals surface area contributed by atoms with E-state index in [1.165, 1.54) is 64.2 Å². The molecule has 0 fully saturated rings. The number of carbonyl (C=O) groups excluding carboxylic acids is 2. The van der Waals surface area contributed by atoms with E-state index >= 15 is 0 Å². The number of carboxylic acids is 2. The molecule has 228 valence electrons. The van der Waals surface area contributed by atoms with E-state index in [-0.39, 0.29) is 18.6 Å². The molecule has 1 amide bonds. The van der Waals surface area contributed by atoms with E-state index in [4.69, 9.17) is 0 Å². The lowest BCUT2D eigenvalue weighted by Gasteiger charge is -2.17. The van der Waals surface area contributed by atoms with E-state index in [1.54, 1.807) is 0 Å². The van der Waals surface area contributed by atoms with Crippen LogP contribution in [0.25, 0.3) is 0 Å². The molecule has 0 spiro atoms. The zero-order valence-corrected chi connectivity index (χ0v) is 25.2. The fraction of sp³-hybridized carbons (Fsp3) is 0.875. The fourth-order valence-electron chi connectivity index (χ4n) is 5.00. The summed E-state index contributed by atoms with van der Waals surface area (Å²) in [6.45, 7) is 4.38. The van der Waals surface area contributed by atoms with Gasteiger partial charge in [-0.1, -0.05) is 123 Å². The lowest BCUT2D eigenvalue weighted by Crippen LogP contribution is -2.41. The van der Waals surface area contributed by atoms with Crippen molar-refractivity contribution in [2.75, 3.05) is 0 Å². The van der Waals surface area contributed by atoms with E-state index in [2.05, 4.69) is 19.2 Å². The summed E-state index contributed by atoms with van der Waals surface area (Å²) in [4.78, 5) is 47.7. The first kappa shape index (κ1) is 37.1. The molecule has 0 radical (unpaired) electrons. The van der Waals surface area contributed by atoms with Crippen molar-refractivity contribution < 1.29 is 29.4 Å². The number of unbranched alkanes of at least 4 members (excludes halogenated alkanes) is 16. The molecule has 0 aromatic carbocycles. The van der Waals surface area contributed by atoms with Gasteiger partial charge < -0.3 is 15.5 Å². The molecular weight excluding hydrogens is 494 g/mol. The van der Waals surface area contributed by atoms with Crippen LogP contribution in [0.2, 0.25) is 0 Å². The summed E-state index contributed by atoms with van der Waals surface area (Å²) in [6.07, 6.45) is 22.6. The number of hydrogen-bond acceptors (Lipinski definition) is 4. The molecular formula is C32H59NO6. The minimum absolute atomic E-state index is 0.203. The molecule has 0 aliphatic rings. The first-order valence-corrected chi connectivity index (χ1v) is 16.1. The smallest absolute Gasteiger partial charge is 0.326 e. The molecule has 0 aliphatic heterocycles. The van der Waals surface area contributed by atoms with Crippen molar-refractivity contribution in [1.29, 1.82) is 0 Å². The van der Waals surface area contributed by atoms with Crippen LogP contribution in [0.5, 0.6) is 0 Å². The third kappa shape index (κ3) is 23.7. The zero-order valence-electron chi connectivity index (χ0n) is 25.2. The number of amides is 1. The van der Waals surface area contributed by atoms with Gasteiger partial charge in [0.25, 0.3) is 0 Å². The summed E-state index contributed by atoms with van der Waals surface area (Å²) in [7, 11) is 0. The van der Waals surface area contributed by atoms with Crippen molar-refractivity contribution >= 4 is 23.6 Å². The number of hydrogen-bond donors (Lipinski definition) is 3. The largest absolute Gasteiger partial charge is 0.481 e. The molecule has 39 heavy (non-hydrogen) atoms. The quantitative estimate of drug-likeness (QED) is 0.0802. The summed E-state index contributed by atoms with van der Waals surface area (Å²) in [5.41, 5.74) is 0. The first-order chi connectivity index (χ1) is 18.8. The van der Waals surface area contributed by atoms with Gasteiger partial charge in [-0.3, -0.25) is 14.4 Å². The summed E-state index contributed by atoms with van der Waals surface area (Å²) in [5, 5.41) is 21.4. The Hall–Kier alpha value is -1.92. The van der Waals surface area contributed by atoms with E-state index < -0.39 is 29.8 Å². The molecule has 2 atom stereocenters. The van der Waals surface area contributed by atoms with Crippen LogP contribution in [0.3, 0.4) is 0 Å². The summed E-state index contributed by atoms with van der Waals surface area (Å²) < 4.78 is 0. The molecule has 0 heterocycles. The lowest BCUT2D eigenvalue weighted by molar-refractivity contribution is -0.145. The minimum atomic E-state index is -1.13. The molecule has 0 aromatic heterocycles. The third-order valence-electron chi connectivity index (χ3n) is 7.58. The van der Waals surface area contributed by atoms with E-state index in [0.717, 1.165) is 44.9 Å². The zero-order chi connectivity index (χ0) is 29.1. The number of carbonyl (C=O) groups is 4. The third-order valence-corrected chi connectivity index (χ3v) is 7.58. The van der Waals surface area contributed by atoms with Gasteiger partial charge in [0.2, 0.25) is 5.91 Å². The minimum Gasteiger partial charge on any atom is -0.481 e. The molecule has 0 saturated heterocycles. The number of carboxylic acid groups (broad SMARTS) is 2. The highest BCUT2D eigenvalue weighted by molar-refractivity contribution is 5.86.